The molecular formula is C17H37Cl2N3O. The van der Waals surface area contributed by atoms with E-state index in [4.69, 9.17) is 5.73 Å². The molecule has 2 atom stereocenters. The minimum Gasteiger partial charge on any atom is -0.353 e. The summed E-state index contributed by atoms with van der Waals surface area (Å²) >= 11 is 0. The van der Waals surface area contributed by atoms with Gasteiger partial charge in [0.1, 0.15) is 0 Å². The lowest BCUT2D eigenvalue weighted by atomic mass is 9.92. The van der Waals surface area contributed by atoms with Crippen molar-refractivity contribution < 1.29 is 4.79 Å². The van der Waals surface area contributed by atoms with Crippen LogP contribution in [0.4, 0.5) is 0 Å². The predicted octanol–water partition coefficient (Wildman–Crippen LogP) is 3.36. The molecule has 3 N–H and O–H groups in total. The van der Waals surface area contributed by atoms with Gasteiger partial charge in [-0.3, -0.25) is 9.69 Å². The summed E-state index contributed by atoms with van der Waals surface area (Å²) in [5.41, 5.74) is 5.39. The van der Waals surface area contributed by atoms with Gasteiger partial charge in [0, 0.05) is 12.6 Å². The summed E-state index contributed by atoms with van der Waals surface area (Å²) in [6, 6.07) is 0.462. The number of carbonyl (C=O) groups is 1. The smallest absolute Gasteiger partial charge is 0.239 e. The van der Waals surface area contributed by atoms with E-state index in [1.807, 2.05) is 6.92 Å². The molecule has 23 heavy (non-hydrogen) atoms. The van der Waals surface area contributed by atoms with Crippen LogP contribution in [0.1, 0.15) is 66.2 Å². The van der Waals surface area contributed by atoms with Crippen molar-refractivity contribution in [2.45, 2.75) is 77.8 Å². The molecule has 0 radical (unpaired) electrons. The number of halogens is 2. The molecule has 1 aliphatic heterocycles. The van der Waals surface area contributed by atoms with Gasteiger partial charge in [0.25, 0.3) is 0 Å². The van der Waals surface area contributed by atoms with E-state index < -0.39 is 5.54 Å². The van der Waals surface area contributed by atoms with Crippen LogP contribution in [0.3, 0.4) is 0 Å². The zero-order valence-electron chi connectivity index (χ0n) is 15.3. The molecule has 0 bridgehead atoms. The van der Waals surface area contributed by atoms with Crippen molar-refractivity contribution in [1.82, 2.24) is 10.2 Å². The van der Waals surface area contributed by atoms with Crippen LogP contribution in [0.25, 0.3) is 0 Å². The van der Waals surface area contributed by atoms with Gasteiger partial charge in [-0.15, -0.1) is 24.8 Å². The Morgan fingerprint density at radius 3 is 2.13 bits per heavy atom. The highest BCUT2D eigenvalue weighted by atomic mass is 35.5. The van der Waals surface area contributed by atoms with E-state index in [2.05, 4.69) is 31.0 Å². The third-order valence-electron chi connectivity index (χ3n) is 4.96. The van der Waals surface area contributed by atoms with Crippen molar-refractivity contribution in [2.75, 3.05) is 19.6 Å². The number of hydrogen-bond acceptors (Lipinski definition) is 3. The van der Waals surface area contributed by atoms with Gasteiger partial charge in [-0.2, -0.15) is 0 Å². The van der Waals surface area contributed by atoms with E-state index in [1.54, 1.807) is 0 Å². The molecule has 1 rings (SSSR count). The highest BCUT2D eigenvalue weighted by Gasteiger charge is 2.31. The van der Waals surface area contributed by atoms with Gasteiger partial charge in [0.2, 0.25) is 5.91 Å². The Kier molecular flexibility index (Phi) is 13.5. The van der Waals surface area contributed by atoms with Gasteiger partial charge in [0.05, 0.1) is 5.54 Å². The number of nitrogens with two attached hydrogens (primary N) is 1. The molecule has 1 aliphatic rings. The first kappa shape index (κ1) is 25.2. The van der Waals surface area contributed by atoms with Crippen LogP contribution >= 0.6 is 24.8 Å². The summed E-state index contributed by atoms with van der Waals surface area (Å²) in [6.45, 7) is 11.5. The first-order chi connectivity index (χ1) is 9.96. The van der Waals surface area contributed by atoms with Gasteiger partial charge in [0.15, 0.2) is 0 Å². The van der Waals surface area contributed by atoms with Crippen molar-refractivity contribution in [3.05, 3.63) is 0 Å². The minimum atomic E-state index is -0.738. The van der Waals surface area contributed by atoms with Crippen molar-refractivity contribution in [1.29, 1.82) is 0 Å². The summed E-state index contributed by atoms with van der Waals surface area (Å²) in [7, 11) is 0. The third-order valence-corrected chi connectivity index (χ3v) is 4.96. The zero-order valence-corrected chi connectivity index (χ0v) is 16.9. The van der Waals surface area contributed by atoms with Crippen LogP contribution in [0.5, 0.6) is 0 Å². The van der Waals surface area contributed by atoms with Crippen molar-refractivity contribution in [3.63, 3.8) is 0 Å². The first-order valence-corrected chi connectivity index (χ1v) is 8.77. The Balaban J connectivity index is 0. The maximum atomic E-state index is 12.3. The summed E-state index contributed by atoms with van der Waals surface area (Å²) < 4.78 is 0. The molecule has 0 saturated carbocycles. The maximum Gasteiger partial charge on any atom is 0.239 e. The van der Waals surface area contributed by atoms with Gasteiger partial charge in [-0.1, -0.05) is 40.0 Å². The Morgan fingerprint density at radius 2 is 1.70 bits per heavy atom. The number of carbonyl (C=O) groups excluding carboxylic acids is 1. The van der Waals surface area contributed by atoms with Crippen LogP contribution in [0, 0.1) is 5.92 Å². The number of amides is 1. The zero-order chi connectivity index (χ0) is 15.9. The van der Waals surface area contributed by atoms with E-state index in [1.165, 1.54) is 38.8 Å². The molecular weight excluding hydrogens is 333 g/mol. The minimum absolute atomic E-state index is 0. The Morgan fingerprint density at radius 1 is 1.17 bits per heavy atom. The molecule has 0 aromatic heterocycles. The number of nitrogens with zero attached hydrogens (tertiary/aromatic N) is 1. The SMILES string of the molecule is CCCC(C)(N)C(=O)NCC(C(CC)CC)N1CCCC1.Cl.Cl. The van der Waals surface area contributed by atoms with E-state index in [0.717, 1.165) is 19.4 Å². The standard InChI is InChI=1S/C17H35N3O.2ClH/c1-5-10-17(4,18)16(21)19-13-15(14(6-2)7-3)20-11-8-9-12-20;;/h14-15H,5-13,18H2,1-4H3,(H,19,21);2*1H. The molecule has 1 heterocycles. The average molecular weight is 370 g/mol. The van der Waals surface area contributed by atoms with Crippen LogP contribution in [0.2, 0.25) is 0 Å². The van der Waals surface area contributed by atoms with Crippen LogP contribution in [0.15, 0.2) is 0 Å². The molecule has 2 unspecified atom stereocenters. The molecule has 0 aliphatic carbocycles. The number of hydrogen-bond donors (Lipinski definition) is 2. The van der Waals surface area contributed by atoms with E-state index in [-0.39, 0.29) is 30.7 Å². The summed E-state index contributed by atoms with van der Waals surface area (Å²) in [6.07, 6.45) is 6.58. The van der Waals surface area contributed by atoms with Gasteiger partial charge in [-0.25, -0.2) is 0 Å². The molecule has 4 nitrogen and oxygen atoms in total. The monoisotopic (exact) mass is 369 g/mol. The maximum absolute atomic E-state index is 12.3. The van der Waals surface area contributed by atoms with Gasteiger partial charge in [-0.05, 0) is 45.2 Å². The normalized spacial score (nSPS) is 18.7. The summed E-state index contributed by atoms with van der Waals surface area (Å²) in [5, 5.41) is 3.13. The molecule has 140 valence electrons. The largest absolute Gasteiger partial charge is 0.353 e. The van der Waals surface area contributed by atoms with Crippen LogP contribution < -0.4 is 11.1 Å². The van der Waals surface area contributed by atoms with Crippen LogP contribution in [-0.2, 0) is 4.79 Å². The second kappa shape index (κ2) is 12.3. The van der Waals surface area contributed by atoms with Crippen molar-refractivity contribution >= 4 is 30.7 Å². The Bertz CT molecular complexity index is 315. The lowest BCUT2D eigenvalue weighted by Gasteiger charge is -2.35. The van der Waals surface area contributed by atoms with Crippen LogP contribution in [-0.4, -0.2) is 42.0 Å². The second-order valence-electron chi connectivity index (χ2n) is 6.76. The quantitative estimate of drug-likeness (QED) is 0.654. The third kappa shape index (κ3) is 7.59. The highest BCUT2D eigenvalue weighted by molar-refractivity contribution is 5.86. The van der Waals surface area contributed by atoms with E-state index in [0.29, 0.717) is 12.0 Å². The molecule has 1 saturated heterocycles. The van der Waals surface area contributed by atoms with Crippen molar-refractivity contribution in [3.8, 4) is 0 Å². The highest BCUT2D eigenvalue weighted by Crippen LogP contribution is 2.22. The molecule has 1 amide bonds. The molecule has 1 fully saturated rings. The number of nitrogens with one attached hydrogen (secondary N) is 1. The lowest BCUT2D eigenvalue weighted by Crippen LogP contribution is -2.55. The fourth-order valence-corrected chi connectivity index (χ4v) is 3.53. The number of rotatable bonds is 9. The Labute approximate surface area is 155 Å². The first-order valence-electron chi connectivity index (χ1n) is 8.77. The molecule has 0 aromatic carbocycles. The summed E-state index contributed by atoms with van der Waals surface area (Å²) in [5.74, 6) is 0.651. The Hall–Kier alpha value is -0.0300. The van der Waals surface area contributed by atoms with Crippen molar-refractivity contribution in [2.24, 2.45) is 11.7 Å². The number of likely N-dealkylation sites (tertiary alicyclic amines) is 1. The molecule has 0 aromatic rings. The topological polar surface area (TPSA) is 58.4 Å². The van der Waals surface area contributed by atoms with E-state index >= 15 is 0 Å². The second-order valence-corrected chi connectivity index (χ2v) is 6.76. The fraction of sp³-hybridized carbons (Fsp3) is 0.941. The fourth-order valence-electron chi connectivity index (χ4n) is 3.53. The van der Waals surface area contributed by atoms with Gasteiger partial charge < -0.3 is 11.1 Å². The molecule has 0 spiro atoms. The lowest BCUT2D eigenvalue weighted by molar-refractivity contribution is -0.126. The molecule has 6 heteroatoms. The summed E-state index contributed by atoms with van der Waals surface area (Å²) in [4.78, 5) is 14.9. The van der Waals surface area contributed by atoms with Gasteiger partial charge >= 0.3 is 0 Å². The average Bonchev–Trinajstić information content (AvgIpc) is 2.96. The van der Waals surface area contributed by atoms with E-state index in [9.17, 15) is 4.79 Å². The predicted molar refractivity (Wildman–Crippen MR) is 104 cm³/mol.